The molecule has 0 aromatic heterocycles. The first-order valence-corrected chi connectivity index (χ1v) is 4.93. The molecule has 0 aliphatic carbocycles. The van der Waals surface area contributed by atoms with Crippen LogP contribution >= 0.6 is 11.6 Å². The highest BCUT2D eigenvalue weighted by Gasteiger charge is 2.24. The van der Waals surface area contributed by atoms with Crippen LogP contribution in [0.4, 0.5) is 0 Å². The molecule has 0 amide bonds. The zero-order valence-corrected chi connectivity index (χ0v) is 9.04. The van der Waals surface area contributed by atoms with Gasteiger partial charge in [-0.1, -0.05) is 30.3 Å². The van der Waals surface area contributed by atoms with E-state index >= 15 is 0 Å². The molecule has 0 N–H and O–H groups in total. The van der Waals surface area contributed by atoms with Crippen LogP contribution in [0.5, 0.6) is 0 Å². The van der Waals surface area contributed by atoms with Gasteiger partial charge in [0.15, 0.2) is 0 Å². The normalized spacial score (nSPS) is 11.1. The molecule has 0 heterocycles. The lowest BCUT2D eigenvalue weighted by molar-refractivity contribution is -0.154. The Morgan fingerprint density at radius 2 is 1.93 bits per heavy atom. The van der Waals surface area contributed by atoms with Gasteiger partial charge in [0.2, 0.25) is 0 Å². The minimum absolute atomic E-state index is 0.115. The van der Waals surface area contributed by atoms with Crippen molar-refractivity contribution in [2.75, 3.05) is 5.88 Å². The van der Waals surface area contributed by atoms with Crippen LogP contribution in [0, 0.1) is 0 Å². The third kappa shape index (κ3) is 2.74. The Bertz CT molecular complexity index is 306. The molecule has 0 fully saturated rings. The molecule has 3 heteroatoms. The summed E-state index contributed by atoms with van der Waals surface area (Å²) in [6, 6.07) is 9.57. The van der Waals surface area contributed by atoms with E-state index < -0.39 is 11.6 Å². The standard InChI is InChI=1S/C11H13ClO2/c1-11(2,14-10(13)8-12)9-6-4-3-5-7-9/h3-7H,8H2,1-2H3. The Hall–Kier alpha value is -1.02. The number of ether oxygens (including phenoxy) is 1. The summed E-state index contributed by atoms with van der Waals surface area (Å²) in [5, 5.41) is 0. The molecule has 0 aliphatic heterocycles. The molecule has 1 aromatic carbocycles. The second-order valence-corrected chi connectivity index (χ2v) is 3.75. The molecule has 0 saturated heterocycles. The van der Waals surface area contributed by atoms with E-state index in [1.54, 1.807) is 0 Å². The van der Waals surface area contributed by atoms with Gasteiger partial charge in [-0.05, 0) is 19.4 Å². The topological polar surface area (TPSA) is 26.3 Å². The van der Waals surface area contributed by atoms with E-state index in [1.807, 2.05) is 44.2 Å². The average molecular weight is 213 g/mol. The van der Waals surface area contributed by atoms with Gasteiger partial charge >= 0.3 is 5.97 Å². The SMILES string of the molecule is CC(C)(OC(=O)CCl)c1ccccc1. The number of esters is 1. The van der Waals surface area contributed by atoms with E-state index in [1.165, 1.54) is 0 Å². The lowest BCUT2D eigenvalue weighted by Gasteiger charge is -2.25. The number of carbonyl (C=O) groups excluding carboxylic acids is 1. The van der Waals surface area contributed by atoms with Crippen LogP contribution in [-0.2, 0) is 15.1 Å². The van der Waals surface area contributed by atoms with Crippen LogP contribution < -0.4 is 0 Å². The van der Waals surface area contributed by atoms with Crippen LogP contribution in [0.3, 0.4) is 0 Å². The largest absolute Gasteiger partial charge is 0.454 e. The summed E-state index contributed by atoms with van der Waals surface area (Å²) in [6.07, 6.45) is 0. The predicted molar refractivity (Wildman–Crippen MR) is 56.3 cm³/mol. The molecule has 0 bridgehead atoms. The van der Waals surface area contributed by atoms with Gasteiger partial charge in [-0.2, -0.15) is 0 Å². The second-order valence-electron chi connectivity index (χ2n) is 3.48. The van der Waals surface area contributed by atoms with Gasteiger partial charge in [-0.15, -0.1) is 11.6 Å². The summed E-state index contributed by atoms with van der Waals surface area (Å²) in [6.45, 7) is 3.68. The second kappa shape index (κ2) is 4.47. The highest BCUT2D eigenvalue weighted by molar-refractivity contribution is 6.26. The Balaban J connectivity index is 2.80. The predicted octanol–water partition coefficient (Wildman–Crippen LogP) is 2.70. The first-order valence-electron chi connectivity index (χ1n) is 4.39. The number of carbonyl (C=O) groups is 1. The Kier molecular flexibility index (Phi) is 3.53. The molecule has 76 valence electrons. The van der Waals surface area contributed by atoms with Gasteiger partial charge in [-0.25, -0.2) is 0 Å². The van der Waals surface area contributed by atoms with Crippen molar-refractivity contribution >= 4 is 17.6 Å². The van der Waals surface area contributed by atoms with E-state index in [0.29, 0.717) is 0 Å². The van der Waals surface area contributed by atoms with E-state index in [4.69, 9.17) is 16.3 Å². The summed E-state index contributed by atoms with van der Waals surface area (Å²) in [5.41, 5.74) is 0.339. The van der Waals surface area contributed by atoms with Gasteiger partial charge in [0.05, 0.1) is 0 Å². The van der Waals surface area contributed by atoms with Crippen molar-refractivity contribution in [2.45, 2.75) is 19.4 Å². The van der Waals surface area contributed by atoms with Crippen molar-refractivity contribution in [3.8, 4) is 0 Å². The Morgan fingerprint density at radius 3 is 2.43 bits per heavy atom. The fourth-order valence-corrected chi connectivity index (χ4v) is 1.26. The number of alkyl halides is 1. The van der Waals surface area contributed by atoms with Crippen molar-refractivity contribution in [3.63, 3.8) is 0 Å². The fraction of sp³-hybridized carbons (Fsp3) is 0.364. The molecular weight excluding hydrogens is 200 g/mol. The summed E-state index contributed by atoms with van der Waals surface area (Å²) < 4.78 is 5.20. The van der Waals surface area contributed by atoms with Crippen LogP contribution in [0.25, 0.3) is 0 Å². The lowest BCUT2D eigenvalue weighted by Crippen LogP contribution is -2.26. The van der Waals surface area contributed by atoms with Crippen molar-refractivity contribution < 1.29 is 9.53 Å². The van der Waals surface area contributed by atoms with Crippen LogP contribution in [0.2, 0.25) is 0 Å². The van der Waals surface area contributed by atoms with Gasteiger partial charge in [0.1, 0.15) is 11.5 Å². The van der Waals surface area contributed by atoms with Gasteiger partial charge < -0.3 is 4.74 Å². The molecular formula is C11H13ClO2. The summed E-state index contributed by atoms with van der Waals surface area (Å²) in [7, 11) is 0. The smallest absolute Gasteiger partial charge is 0.321 e. The molecule has 0 saturated carbocycles. The zero-order chi connectivity index (χ0) is 10.6. The summed E-state index contributed by atoms with van der Waals surface area (Å²) in [4.78, 5) is 11.0. The number of hydrogen-bond acceptors (Lipinski definition) is 2. The molecule has 0 radical (unpaired) electrons. The number of hydrogen-bond donors (Lipinski definition) is 0. The van der Waals surface area contributed by atoms with Crippen molar-refractivity contribution in [2.24, 2.45) is 0 Å². The van der Waals surface area contributed by atoms with E-state index in [-0.39, 0.29) is 5.88 Å². The third-order valence-electron chi connectivity index (χ3n) is 1.95. The Labute approximate surface area is 88.8 Å². The first kappa shape index (κ1) is 11.1. The molecule has 2 nitrogen and oxygen atoms in total. The van der Waals surface area contributed by atoms with Gasteiger partial charge in [0, 0.05) is 0 Å². The number of halogens is 1. The maximum Gasteiger partial charge on any atom is 0.321 e. The van der Waals surface area contributed by atoms with Crippen molar-refractivity contribution in [1.82, 2.24) is 0 Å². The highest BCUT2D eigenvalue weighted by Crippen LogP contribution is 2.24. The molecule has 0 unspecified atom stereocenters. The molecule has 0 aliphatic rings. The van der Waals surface area contributed by atoms with Gasteiger partial charge in [0.25, 0.3) is 0 Å². The highest BCUT2D eigenvalue weighted by atomic mass is 35.5. The molecule has 0 spiro atoms. The Morgan fingerprint density at radius 1 is 1.36 bits per heavy atom. The zero-order valence-electron chi connectivity index (χ0n) is 8.29. The van der Waals surface area contributed by atoms with E-state index in [2.05, 4.69) is 0 Å². The molecule has 0 atom stereocenters. The maximum atomic E-state index is 11.0. The van der Waals surface area contributed by atoms with E-state index in [0.717, 1.165) is 5.56 Å². The first-order chi connectivity index (χ1) is 6.56. The number of benzene rings is 1. The van der Waals surface area contributed by atoms with Crippen molar-refractivity contribution in [3.05, 3.63) is 35.9 Å². The third-order valence-corrected chi connectivity index (χ3v) is 2.17. The average Bonchev–Trinajstić information content (AvgIpc) is 2.18. The monoisotopic (exact) mass is 212 g/mol. The van der Waals surface area contributed by atoms with Crippen LogP contribution in [-0.4, -0.2) is 11.8 Å². The summed E-state index contributed by atoms with van der Waals surface area (Å²) in [5.74, 6) is -0.517. The maximum absolute atomic E-state index is 11.0. The molecule has 1 rings (SSSR count). The molecule has 1 aromatic rings. The van der Waals surface area contributed by atoms with Crippen LogP contribution in [0.15, 0.2) is 30.3 Å². The van der Waals surface area contributed by atoms with Crippen LogP contribution in [0.1, 0.15) is 19.4 Å². The summed E-state index contributed by atoms with van der Waals surface area (Å²) >= 11 is 5.37. The lowest BCUT2D eigenvalue weighted by atomic mass is 9.98. The fourth-order valence-electron chi connectivity index (χ4n) is 1.21. The quantitative estimate of drug-likeness (QED) is 0.569. The van der Waals surface area contributed by atoms with Gasteiger partial charge in [-0.3, -0.25) is 4.79 Å². The minimum Gasteiger partial charge on any atom is -0.454 e. The number of rotatable bonds is 3. The van der Waals surface area contributed by atoms with Crippen molar-refractivity contribution in [1.29, 1.82) is 0 Å². The van der Waals surface area contributed by atoms with E-state index in [9.17, 15) is 4.79 Å². The minimum atomic E-state index is -0.618. The molecule has 14 heavy (non-hydrogen) atoms.